The van der Waals surface area contributed by atoms with Crippen LogP contribution in [0.25, 0.3) is 28.0 Å². The molecular weight excluding hydrogens is 338 g/mol. The summed E-state index contributed by atoms with van der Waals surface area (Å²) in [6.45, 7) is 2.22. The van der Waals surface area contributed by atoms with Crippen molar-refractivity contribution in [1.29, 1.82) is 0 Å². The Bertz CT molecular complexity index is 1090. The summed E-state index contributed by atoms with van der Waals surface area (Å²) in [4.78, 5) is 15.6. The SMILES string of the molecule is CCCCCc1ccc(-c2nn3ccncc3c2-c2ccc(=O)[nH]n2)cc1. The molecule has 27 heavy (non-hydrogen) atoms. The minimum absolute atomic E-state index is 0.230. The maximum absolute atomic E-state index is 11.4. The van der Waals surface area contributed by atoms with Crippen molar-refractivity contribution in [2.24, 2.45) is 0 Å². The first-order valence-corrected chi connectivity index (χ1v) is 9.24. The van der Waals surface area contributed by atoms with Crippen molar-refractivity contribution >= 4 is 5.52 Å². The molecule has 4 rings (SSSR count). The number of nitrogens with zero attached hydrogens (tertiary/aromatic N) is 4. The number of benzene rings is 1. The largest absolute Gasteiger partial charge is 0.268 e. The quantitative estimate of drug-likeness (QED) is 0.530. The van der Waals surface area contributed by atoms with E-state index in [0.29, 0.717) is 5.69 Å². The summed E-state index contributed by atoms with van der Waals surface area (Å²) in [5.41, 5.74) is 5.31. The first kappa shape index (κ1) is 17.1. The Balaban J connectivity index is 1.78. The monoisotopic (exact) mass is 359 g/mol. The van der Waals surface area contributed by atoms with Crippen molar-refractivity contribution in [3.8, 4) is 22.5 Å². The lowest BCUT2D eigenvalue weighted by Crippen LogP contribution is -2.05. The van der Waals surface area contributed by atoms with Crippen LogP contribution < -0.4 is 5.56 Å². The van der Waals surface area contributed by atoms with Gasteiger partial charge in [-0.1, -0.05) is 44.0 Å². The zero-order valence-corrected chi connectivity index (χ0v) is 15.2. The van der Waals surface area contributed by atoms with Crippen LogP contribution in [0.3, 0.4) is 0 Å². The number of aromatic amines is 1. The van der Waals surface area contributed by atoms with Gasteiger partial charge in [-0.3, -0.25) is 9.78 Å². The van der Waals surface area contributed by atoms with Crippen molar-refractivity contribution < 1.29 is 0 Å². The van der Waals surface area contributed by atoms with Crippen LogP contribution in [-0.4, -0.2) is 24.8 Å². The molecule has 6 heteroatoms. The molecule has 6 nitrogen and oxygen atoms in total. The van der Waals surface area contributed by atoms with E-state index in [2.05, 4.69) is 46.4 Å². The number of nitrogens with one attached hydrogen (secondary N) is 1. The first-order chi connectivity index (χ1) is 13.3. The Labute approximate surface area is 156 Å². The summed E-state index contributed by atoms with van der Waals surface area (Å²) in [7, 11) is 0. The average molecular weight is 359 g/mol. The normalized spacial score (nSPS) is 11.1. The molecule has 0 fully saturated rings. The van der Waals surface area contributed by atoms with Crippen LogP contribution >= 0.6 is 0 Å². The number of aromatic nitrogens is 5. The lowest BCUT2D eigenvalue weighted by molar-refractivity contribution is 0.717. The Morgan fingerprint density at radius 2 is 1.93 bits per heavy atom. The zero-order chi connectivity index (χ0) is 18.6. The van der Waals surface area contributed by atoms with E-state index in [1.807, 2.05) is 6.20 Å². The van der Waals surface area contributed by atoms with Crippen LogP contribution in [0.4, 0.5) is 0 Å². The van der Waals surface area contributed by atoms with Gasteiger partial charge >= 0.3 is 0 Å². The van der Waals surface area contributed by atoms with Gasteiger partial charge in [0, 0.05) is 24.0 Å². The molecule has 0 aliphatic heterocycles. The van der Waals surface area contributed by atoms with Gasteiger partial charge in [-0.25, -0.2) is 9.61 Å². The Morgan fingerprint density at radius 1 is 1.07 bits per heavy atom. The van der Waals surface area contributed by atoms with Crippen molar-refractivity contribution in [3.63, 3.8) is 0 Å². The molecule has 0 amide bonds. The number of rotatable bonds is 6. The van der Waals surface area contributed by atoms with Crippen molar-refractivity contribution in [2.45, 2.75) is 32.6 Å². The summed E-state index contributed by atoms with van der Waals surface area (Å²) < 4.78 is 1.79. The number of unbranched alkanes of at least 4 members (excludes halogenated alkanes) is 2. The average Bonchev–Trinajstić information content (AvgIpc) is 3.09. The highest BCUT2D eigenvalue weighted by Gasteiger charge is 2.17. The van der Waals surface area contributed by atoms with E-state index in [0.717, 1.165) is 28.8 Å². The molecule has 136 valence electrons. The van der Waals surface area contributed by atoms with E-state index in [1.54, 1.807) is 23.0 Å². The highest BCUT2D eigenvalue weighted by Crippen LogP contribution is 2.33. The fraction of sp³-hybridized carbons (Fsp3) is 0.238. The van der Waals surface area contributed by atoms with Crippen LogP contribution in [0.5, 0.6) is 0 Å². The summed E-state index contributed by atoms with van der Waals surface area (Å²) in [6, 6.07) is 11.7. The first-order valence-electron chi connectivity index (χ1n) is 9.24. The fourth-order valence-corrected chi connectivity index (χ4v) is 3.25. The molecular formula is C21H21N5O. The second kappa shape index (κ2) is 7.53. The van der Waals surface area contributed by atoms with Gasteiger partial charge < -0.3 is 0 Å². The molecule has 0 aliphatic rings. The van der Waals surface area contributed by atoms with Gasteiger partial charge in [0.2, 0.25) is 0 Å². The smallest absolute Gasteiger partial charge is 0.264 e. The van der Waals surface area contributed by atoms with Gasteiger partial charge in [-0.05, 0) is 24.5 Å². The van der Waals surface area contributed by atoms with E-state index in [1.165, 1.54) is 30.9 Å². The Morgan fingerprint density at radius 3 is 2.67 bits per heavy atom. The van der Waals surface area contributed by atoms with Crippen LogP contribution in [0.15, 0.2) is 59.8 Å². The fourth-order valence-electron chi connectivity index (χ4n) is 3.25. The van der Waals surface area contributed by atoms with Gasteiger partial charge in [0.1, 0.15) is 5.69 Å². The predicted octanol–water partition coefficient (Wildman–Crippen LogP) is 3.88. The van der Waals surface area contributed by atoms with E-state index in [4.69, 9.17) is 5.10 Å². The summed E-state index contributed by atoms with van der Waals surface area (Å²) in [5, 5.41) is 11.4. The lowest BCUT2D eigenvalue weighted by atomic mass is 10.0. The molecule has 0 saturated carbocycles. The third-order valence-electron chi connectivity index (χ3n) is 4.67. The van der Waals surface area contributed by atoms with E-state index in [9.17, 15) is 4.79 Å². The third-order valence-corrected chi connectivity index (χ3v) is 4.67. The maximum atomic E-state index is 11.4. The molecule has 0 bridgehead atoms. The van der Waals surface area contributed by atoms with Gasteiger partial charge in [0.25, 0.3) is 5.56 Å². The van der Waals surface area contributed by atoms with Gasteiger partial charge in [-0.15, -0.1) is 0 Å². The molecule has 4 aromatic rings. The molecule has 0 spiro atoms. The molecule has 3 aromatic heterocycles. The lowest BCUT2D eigenvalue weighted by Gasteiger charge is -2.05. The number of aryl methyl sites for hydroxylation is 1. The van der Waals surface area contributed by atoms with Crippen LogP contribution in [-0.2, 0) is 6.42 Å². The zero-order valence-electron chi connectivity index (χ0n) is 15.2. The molecule has 0 radical (unpaired) electrons. The molecule has 0 saturated heterocycles. The molecule has 0 unspecified atom stereocenters. The van der Waals surface area contributed by atoms with Gasteiger partial charge in [0.15, 0.2) is 0 Å². The van der Waals surface area contributed by atoms with E-state index >= 15 is 0 Å². The van der Waals surface area contributed by atoms with Crippen molar-refractivity contribution in [1.82, 2.24) is 24.8 Å². The summed E-state index contributed by atoms with van der Waals surface area (Å²) in [6.07, 6.45) is 10.1. The standard InChI is InChI=1S/C21H21N5O/c1-2-3-4-5-15-6-8-16(9-7-15)21-20(17-10-11-19(27)24-23-17)18-14-22-12-13-26(18)25-21/h6-14H,2-5H2,1H3,(H,24,27). The second-order valence-corrected chi connectivity index (χ2v) is 6.59. The van der Waals surface area contributed by atoms with Crippen LogP contribution in [0.1, 0.15) is 31.7 Å². The number of hydrogen-bond acceptors (Lipinski definition) is 4. The van der Waals surface area contributed by atoms with Crippen LogP contribution in [0.2, 0.25) is 0 Å². The molecule has 0 atom stereocenters. The minimum atomic E-state index is -0.230. The van der Waals surface area contributed by atoms with E-state index < -0.39 is 0 Å². The van der Waals surface area contributed by atoms with Crippen LogP contribution in [0, 0.1) is 0 Å². The number of hydrogen-bond donors (Lipinski definition) is 1. The van der Waals surface area contributed by atoms with Crippen molar-refractivity contribution in [3.05, 3.63) is 70.9 Å². The molecule has 1 N–H and O–H groups in total. The number of H-pyrrole nitrogens is 1. The van der Waals surface area contributed by atoms with Gasteiger partial charge in [-0.2, -0.15) is 10.2 Å². The topological polar surface area (TPSA) is 75.9 Å². The highest BCUT2D eigenvalue weighted by atomic mass is 16.1. The summed E-state index contributed by atoms with van der Waals surface area (Å²) in [5.74, 6) is 0. The molecule has 0 aliphatic carbocycles. The summed E-state index contributed by atoms with van der Waals surface area (Å²) >= 11 is 0. The van der Waals surface area contributed by atoms with Crippen molar-refractivity contribution in [2.75, 3.05) is 0 Å². The predicted molar refractivity (Wildman–Crippen MR) is 106 cm³/mol. The number of fused-ring (bicyclic) bond motifs is 1. The minimum Gasteiger partial charge on any atom is -0.268 e. The van der Waals surface area contributed by atoms with Gasteiger partial charge in [0.05, 0.1) is 23.0 Å². The Kier molecular flexibility index (Phi) is 4.78. The maximum Gasteiger partial charge on any atom is 0.264 e. The third kappa shape index (κ3) is 3.51. The Hall–Kier alpha value is -3.28. The second-order valence-electron chi connectivity index (χ2n) is 6.59. The van der Waals surface area contributed by atoms with E-state index in [-0.39, 0.29) is 5.56 Å². The highest BCUT2D eigenvalue weighted by molar-refractivity contribution is 5.90. The molecule has 1 aromatic carbocycles. The molecule has 3 heterocycles.